The maximum absolute atomic E-state index is 13.8. The first kappa shape index (κ1) is 29.2. The van der Waals surface area contributed by atoms with E-state index in [4.69, 9.17) is 4.98 Å². The average Bonchev–Trinajstić information content (AvgIpc) is 3.31. The number of anilines is 1. The number of benzene rings is 2. The van der Waals surface area contributed by atoms with Crippen LogP contribution in [0.3, 0.4) is 0 Å². The lowest BCUT2D eigenvalue weighted by molar-refractivity contribution is 0.0983. The quantitative estimate of drug-likeness (QED) is 0.275. The average molecular weight is 545 g/mol. The van der Waals surface area contributed by atoms with Gasteiger partial charge in [-0.1, -0.05) is 51.5 Å². The second-order valence-electron chi connectivity index (χ2n) is 9.28. The maximum Gasteiger partial charge on any atom is 0.260 e. The Labute approximate surface area is 226 Å². The first-order valence-corrected chi connectivity index (χ1v) is 15.4. The fourth-order valence-electron chi connectivity index (χ4n) is 4.40. The van der Waals surface area contributed by atoms with Gasteiger partial charge in [0, 0.05) is 31.7 Å². The van der Waals surface area contributed by atoms with Crippen LogP contribution in [0.4, 0.5) is 5.13 Å². The first-order chi connectivity index (χ1) is 17.7. The van der Waals surface area contributed by atoms with Crippen molar-refractivity contribution in [2.75, 3.05) is 44.2 Å². The number of hydrogen-bond acceptors (Lipinski definition) is 6. The van der Waals surface area contributed by atoms with Crippen molar-refractivity contribution in [3.05, 3.63) is 53.1 Å². The van der Waals surface area contributed by atoms with Crippen LogP contribution in [0.5, 0.6) is 0 Å². The summed E-state index contributed by atoms with van der Waals surface area (Å²) in [5.41, 5.74) is 3.63. The zero-order chi connectivity index (χ0) is 27.2. The summed E-state index contributed by atoms with van der Waals surface area (Å²) < 4.78 is 28.8. The van der Waals surface area contributed by atoms with E-state index < -0.39 is 10.0 Å². The molecule has 2 aromatic carbocycles. The number of aryl methyl sites for hydroxylation is 2. The van der Waals surface area contributed by atoms with Gasteiger partial charge in [0.25, 0.3) is 5.91 Å². The molecule has 0 N–H and O–H groups in total. The molecule has 0 radical (unpaired) electrons. The molecular weight excluding hydrogens is 504 g/mol. The van der Waals surface area contributed by atoms with Gasteiger partial charge in [-0.25, -0.2) is 13.4 Å². The van der Waals surface area contributed by atoms with Crippen LogP contribution in [0.1, 0.15) is 62.0 Å². The Kier molecular flexibility index (Phi) is 10.2. The Morgan fingerprint density at radius 2 is 1.59 bits per heavy atom. The van der Waals surface area contributed by atoms with Crippen LogP contribution in [0.25, 0.3) is 10.2 Å². The molecule has 9 heteroatoms. The van der Waals surface area contributed by atoms with Crippen molar-refractivity contribution in [3.8, 4) is 0 Å². The summed E-state index contributed by atoms with van der Waals surface area (Å²) in [7, 11) is -3.60. The minimum Gasteiger partial charge on any atom is -0.302 e. The van der Waals surface area contributed by atoms with Crippen LogP contribution >= 0.6 is 11.3 Å². The summed E-state index contributed by atoms with van der Waals surface area (Å²) in [6.07, 6.45) is 1.74. The van der Waals surface area contributed by atoms with Crippen LogP contribution in [0.2, 0.25) is 0 Å². The Morgan fingerprint density at radius 1 is 0.919 bits per heavy atom. The summed E-state index contributed by atoms with van der Waals surface area (Å²) in [6.45, 7) is 16.2. The largest absolute Gasteiger partial charge is 0.302 e. The number of thiazole rings is 1. The number of amides is 1. The number of carbonyl (C=O) groups excluding carboxylic acids is 1. The smallest absolute Gasteiger partial charge is 0.260 e. The lowest BCUT2D eigenvalue weighted by Crippen LogP contribution is -2.39. The topological polar surface area (TPSA) is 73.8 Å². The molecule has 0 bridgehead atoms. The number of hydrogen-bond donors (Lipinski definition) is 0. The molecule has 3 rings (SSSR count). The molecule has 37 heavy (non-hydrogen) atoms. The van der Waals surface area contributed by atoms with Crippen molar-refractivity contribution in [1.29, 1.82) is 0 Å². The highest BCUT2D eigenvalue weighted by Gasteiger charge is 2.25. The Balaban J connectivity index is 1.94. The summed E-state index contributed by atoms with van der Waals surface area (Å²) >= 11 is 1.53. The zero-order valence-corrected chi connectivity index (χ0v) is 24.6. The van der Waals surface area contributed by atoms with Crippen LogP contribution in [-0.4, -0.2) is 67.8 Å². The number of nitrogens with zero attached hydrogens (tertiary/aromatic N) is 4. The molecular formula is C28H40N4O3S2. The van der Waals surface area contributed by atoms with Crippen molar-refractivity contribution in [3.63, 3.8) is 0 Å². The van der Waals surface area contributed by atoms with Gasteiger partial charge in [-0.05, 0) is 74.8 Å². The minimum atomic E-state index is -3.60. The van der Waals surface area contributed by atoms with Crippen LogP contribution in [-0.2, 0) is 10.0 Å². The fraction of sp³-hybridized carbons (Fsp3) is 0.500. The van der Waals surface area contributed by atoms with Gasteiger partial charge in [0.1, 0.15) is 0 Å². The van der Waals surface area contributed by atoms with Crippen molar-refractivity contribution < 1.29 is 13.2 Å². The van der Waals surface area contributed by atoms with E-state index in [2.05, 4.69) is 31.7 Å². The van der Waals surface area contributed by atoms with Crippen LogP contribution in [0, 0.1) is 13.8 Å². The predicted molar refractivity (Wildman–Crippen MR) is 154 cm³/mol. The normalized spacial score (nSPS) is 12.1. The number of likely N-dealkylation sites (N-methyl/N-ethyl adjacent to an activating group) is 1. The number of unbranched alkanes of at least 4 members (excludes halogenated alkanes) is 1. The molecule has 7 nitrogen and oxygen atoms in total. The highest BCUT2D eigenvalue weighted by Crippen LogP contribution is 2.33. The third kappa shape index (κ3) is 6.76. The van der Waals surface area contributed by atoms with Gasteiger partial charge < -0.3 is 4.90 Å². The minimum absolute atomic E-state index is 0.178. The van der Waals surface area contributed by atoms with Gasteiger partial charge >= 0.3 is 0 Å². The second kappa shape index (κ2) is 13.0. The first-order valence-electron chi connectivity index (χ1n) is 13.2. The highest BCUT2D eigenvalue weighted by atomic mass is 32.2. The van der Waals surface area contributed by atoms with Crippen molar-refractivity contribution >= 4 is 42.6 Å². The number of sulfonamides is 1. The molecule has 0 unspecified atom stereocenters. The molecule has 1 amide bonds. The predicted octanol–water partition coefficient (Wildman–Crippen LogP) is 5.71. The van der Waals surface area contributed by atoms with Gasteiger partial charge in [0.05, 0.1) is 15.1 Å². The van der Waals surface area contributed by atoms with E-state index in [0.717, 1.165) is 53.8 Å². The molecule has 1 aromatic heterocycles. The summed E-state index contributed by atoms with van der Waals surface area (Å²) in [4.78, 5) is 22.8. The summed E-state index contributed by atoms with van der Waals surface area (Å²) in [5.74, 6) is -0.178. The van der Waals surface area contributed by atoms with Gasteiger partial charge in [0.15, 0.2) is 5.13 Å². The fourth-order valence-corrected chi connectivity index (χ4v) is 6.93. The van der Waals surface area contributed by atoms with E-state index in [1.54, 1.807) is 29.2 Å². The van der Waals surface area contributed by atoms with E-state index >= 15 is 0 Å². The summed E-state index contributed by atoms with van der Waals surface area (Å²) in [6, 6.07) is 10.5. The van der Waals surface area contributed by atoms with Crippen molar-refractivity contribution in [1.82, 2.24) is 14.2 Å². The summed E-state index contributed by atoms with van der Waals surface area (Å²) in [5, 5.41) is 0.661. The molecule has 0 aliphatic heterocycles. The van der Waals surface area contributed by atoms with Gasteiger partial charge in [-0.15, -0.1) is 0 Å². The van der Waals surface area contributed by atoms with Crippen LogP contribution in [0.15, 0.2) is 41.3 Å². The van der Waals surface area contributed by atoms with E-state index in [-0.39, 0.29) is 10.8 Å². The third-order valence-corrected chi connectivity index (χ3v) is 9.89. The lowest BCUT2D eigenvalue weighted by Gasteiger charge is -2.25. The molecule has 0 aliphatic rings. The van der Waals surface area contributed by atoms with Gasteiger partial charge in [-0.3, -0.25) is 9.69 Å². The highest BCUT2D eigenvalue weighted by molar-refractivity contribution is 7.89. The number of aromatic nitrogens is 1. The Hall–Kier alpha value is -2.33. The van der Waals surface area contributed by atoms with Crippen molar-refractivity contribution in [2.45, 2.75) is 59.3 Å². The number of rotatable bonds is 13. The lowest BCUT2D eigenvalue weighted by atomic mass is 10.1. The third-order valence-electron chi connectivity index (χ3n) is 6.67. The Morgan fingerprint density at radius 3 is 2.19 bits per heavy atom. The molecule has 0 fully saturated rings. The molecule has 0 saturated carbocycles. The van der Waals surface area contributed by atoms with Crippen molar-refractivity contribution in [2.24, 2.45) is 0 Å². The molecule has 0 aliphatic carbocycles. The van der Waals surface area contributed by atoms with Gasteiger partial charge in [0.2, 0.25) is 10.0 Å². The molecule has 3 aromatic rings. The molecule has 0 saturated heterocycles. The number of carbonyl (C=O) groups is 1. The van der Waals surface area contributed by atoms with Gasteiger partial charge in [-0.2, -0.15) is 4.31 Å². The van der Waals surface area contributed by atoms with Crippen LogP contribution < -0.4 is 4.90 Å². The molecule has 202 valence electrons. The zero-order valence-electron chi connectivity index (χ0n) is 23.0. The molecule has 0 spiro atoms. The SMILES string of the molecule is CCCCN(CC)S(=O)(=O)c1ccc(C(=O)N(CCN(CC)CC)c2nc3cc(C)cc(C)c3s2)cc1. The number of fused-ring (bicyclic) bond motifs is 1. The monoisotopic (exact) mass is 544 g/mol. The van der Waals surface area contributed by atoms with E-state index in [1.165, 1.54) is 15.6 Å². The standard InChI is InChI=1S/C28H40N4O3S2/c1-7-11-16-31(10-4)37(34,35)24-14-12-23(13-15-24)27(33)32(18-17-30(8-2)9-3)28-29-25-20-21(5)19-22(6)26(25)36-28/h12-15,19-20H,7-11,16-18H2,1-6H3. The van der Waals surface area contributed by atoms with E-state index in [0.29, 0.717) is 30.3 Å². The van der Waals surface area contributed by atoms with E-state index in [1.807, 2.05) is 26.8 Å². The Bertz CT molecular complexity index is 1300. The van der Waals surface area contributed by atoms with E-state index in [9.17, 15) is 13.2 Å². The maximum atomic E-state index is 13.8. The second-order valence-corrected chi connectivity index (χ2v) is 12.2. The molecule has 1 heterocycles. The molecule has 0 atom stereocenters.